The van der Waals surface area contributed by atoms with E-state index >= 15 is 0 Å². The Bertz CT molecular complexity index is 895. The molecule has 0 bridgehead atoms. The van der Waals surface area contributed by atoms with Gasteiger partial charge in [0.25, 0.3) is 11.6 Å². The van der Waals surface area contributed by atoms with Crippen molar-refractivity contribution in [2.24, 2.45) is 0 Å². The second-order valence-electron chi connectivity index (χ2n) is 5.02. The molecular weight excluding hydrogens is 356 g/mol. The van der Waals surface area contributed by atoms with E-state index in [1.807, 2.05) is 0 Å². The van der Waals surface area contributed by atoms with Crippen LogP contribution in [-0.2, 0) is 16.4 Å². The van der Waals surface area contributed by atoms with E-state index in [4.69, 9.17) is 11.6 Å². The van der Waals surface area contributed by atoms with Crippen LogP contribution in [-0.4, -0.2) is 25.5 Å². The minimum Gasteiger partial charge on any atom is -0.348 e. The normalized spacial score (nSPS) is 11.1. The lowest BCUT2D eigenvalue weighted by Gasteiger charge is -2.08. The minimum absolute atomic E-state index is 0.0411. The summed E-state index contributed by atoms with van der Waals surface area (Å²) in [6.07, 6.45) is 1.01. The number of non-ortho nitro benzene ring substituents is 1. The second-order valence-corrected chi connectivity index (χ2v) is 7.41. The molecule has 0 heterocycles. The number of hydrogen-bond acceptors (Lipinski definition) is 5. The molecule has 0 aliphatic heterocycles. The summed E-state index contributed by atoms with van der Waals surface area (Å²) in [5, 5.41) is 13.2. The number of nitrogens with zero attached hydrogens (tertiary/aromatic N) is 1. The first-order chi connectivity index (χ1) is 11.2. The van der Waals surface area contributed by atoms with E-state index in [9.17, 15) is 23.3 Å². The molecule has 0 atom stereocenters. The lowest BCUT2D eigenvalue weighted by Crippen LogP contribution is -2.23. The van der Waals surface area contributed by atoms with Crippen molar-refractivity contribution in [2.45, 2.75) is 11.4 Å². The van der Waals surface area contributed by atoms with Gasteiger partial charge in [-0.25, -0.2) is 8.42 Å². The molecule has 2 aromatic rings. The molecule has 7 nitrogen and oxygen atoms in total. The number of nitro benzene ring substituents is 1. The number of carbonyl (C=O) groups excluding carboxylic acids is 1. The van der Waals surface area contributed by atoms with E-state index < -0.39 is 20.7 Å². The van der Waals surface area contributed by atoms with Crippen molar-refractivity contribution in [1.29, 1.82) is 0 Å². The average molecular weight is 369 g/mol. The largest absolute Gasteiger partial charge is 0.348 e. The second kappa shape index (κ2) is 6.98. The first-order valence-corrected chi connectivity index (χ1v) is 8.96. The average Bonchev–Trinajstić information content (AvgIpc) is 2.52. The number of sulfone groups is 1. The van der Waals surface area contributed by atoms with Gasteiger partial charge in [0.05, 0.1) is 14.8 Å². The third-order valence-electron chi connectivity index (χ3n) is 3.19. The number of nitrogens with one attached hydrogen (secondary N) is 1. The Labute approximate surface area is 143 Å². The molecule has 1 N–H and O–H groups in total. The minimum atomic E-state index is -3.55. The SMILES string of the molecule is CS(=O)(=O)c1cc(C(=O)NCc2ccc([N+](=O)[O-])cc2)ccc1Cl. The summed E-state index contributed by atoms with van der Waals surface area (Å²) in [5.74, 6) is -0.477. The summed E-state index contributed by atoms with van der Waals surface area (Å²) in [6, 6.07) is 9.71. The van der Waals surface area contributed by atoms with Gasteiger partial charge in [-0.3, -0.25) is 14.9 Å². The van der Waals surface area contributed by atoms with Crippen molar-refractivity contribution in [3.05, 3.63) is 68.7 Å². The van der Waals surface area contributed by atoms with Gasteiger partial charge in [0, 0.05) is 30.5 Å². The number of hydrogen-bond donors (Lipinski definition) is 1. The molecule has 2 rings (SSSR count). The molecular formula is C15H13ClN2O5S. The highest BCUT2D eigenvalue weighted by molar-refractivity contribution is 7.90. The number of benzene rings is 2. The van der Waals surface area contributed by atoms with Crippen molar-refractivity contribution in [3.8, 4) is 0 Å². The molecule has 2 aromatic carbocycles. The molecule has 9 heteroatoms. The van der Waals surface area contributed by atoms with Gasteiger partial charge in [-0.15, -0.1) is 0 Å². The quantitative estimate of drug-likeness (QED) is 0.644. The molecule has 0 unspecified atom stereocenters. The summed E-state index contributed by atoms with van der Waals surface area (Å²) < 4.78 is 23.2. The van der Waals surface area contributed by atoms with Gasteiger partial charge in [0.2, 0.25) is 0 Å². The molecule has 1 amide bonds. The van der Waals surface area contributed by atoms with Crippen LogP contribution in [0, 0.1) is 10.1 Å². The third kappa shape index (κ3) is 4.30. The van der Waals surface area contributed by atoms with Gasteiger partial charge in [0.1, 0.15) is 0 Å². The van der Waals surface area contributed by atoms with Crippen LogP contribution in [0.5, 0.6) is 0 Å². The zero-order valence-corrected chi connectivity index (χ0v) is 14.1. The molecule has 24 heavy (non-hydrogen) atoms. The Hall–Kier alpha value is -2.45. The highest BCUT2D eigenvalue weighted by Crippen LogP contribution is 2.22. The summed E-state index contributed by atoms with van der Waals surface area (Å²) in [6.45, 7) is 0.146. The smallest absolute Gasteiger partial charge is 0.269 e. The van der Waals surface area contributed by atoms with E-state index in [1.165, 1.54) is 42.5 Å². The summed E-state index contributed by atoms with van der Waals surface area (Å²) in [5.41, 5.74) is 0.786. The number of nitro groups is 1. The highest BCUT2D eigenvalue weighted by Gasteiger charge is 2.15. The first-order valence-electron chi connectivity index (χ1n) is 6.69. The lowest BCUT2D eigenvalue weighted by molar-refractivity contribution is -0.384. The standard InChI is InChI=1S/C15H13ClN2O5S/c1-24(22,23)14-8-11(4-7-13(14)16)15(19)17-9-10-2-5-12(6-3-10)18(20)21/h2-8H,9H2,1H3,(H,17,19). The predicted octanol–water partition coefficient (Wildman–Crippen LogP) is 2.58. The summed E-state index contributed by atoms with van der Waals surface area (Å²) in [4.78, 5) is 22.1. The van der Waals surface area contributed by atoms with Crippen LogP contribution in [0.4, 0.5) is 5.69 Å². The lowest BCUT2D eigenvalue weighted by atomic mass is 10.2. The van der Waals surface area contributed by atoms with Crippen LogP contribution in [0.25, 0.3) is 0 Å². The van der Waals surface area contributed by atoms with E-state index in [1.54, 1.807) is 0 Å². The fraction of sp³-hybridized carbons (Fsp3) is 0.133. The van der Waals surface area contributed by atoms with Crippen LogP contribution < -0.4 is 5.32 Å². The van der Waals surface area contributed by atoms with Crippen molar-refractivity contribution >= 4 is 33.0 Å². The molecule has 0 saturated carbocycles. The Morgan fingerprint density at radius 2 is 1.83 bits per heavy atom. The predicted molar refractivity (Wildman–Crippen MR) is 88.8 cm³/mol. The van der Waals surface area contributed by atoms with E-state index in [2.05, 4.69) is 5.32 Å². The van der Waals surface area contributed by atoms with Gasteiger partial charge >= 0.3 is 0 Å². The molecule has 0 aliphatic carbocycles. The Balaban J connectivity index is 2.11. The van der Waals surface area contributed by atoms with Crippen LogP contribution >= 0.6 is 11.6 Å². The van der Waals surface area contributed by atoms with E-state index in [0.29, 0.717) is 5.56 Å². The molecule has 0 spiro atoms. The molecule has 0 aromatic heterocycles. The molecule has 0 saturated heterocycles. The number of halogens is 1. The van der Waals surface area contributed by atoms with E-state index in [-0.39, 0.29) is 27.7 Å². The summed E-state index contributed by atoms with van der Waals surface area (Å²) in [7, 11) is -3.55. The van der Waals surface area contributed by atoms with Crippen molar-refractivity contribution in [2.75, 3.05) is 6.26 Å². The Morgan fingerprint density at radius 3 is 2.38 bits per heavy atom. The first kappa shape index (κ1) is 17.9. The highest BCUT2D eigenvalue weighted by atomic mass is 35.5. The zero-order valence-electron chi connectivity index (χ0n) is 12.5. The zero-order chi connectivity index (χ0) is 17.9. The number of amides is 1. The van der Waals surface area contributed by atoms with Crippen LogP contribution in [0.15, 0.2) is 47.4 Å². The number of rotatable bonds is 5. The van der Waals surface area contributed by atoms with Crippen molar-refractivity contribution in [3.63, 3.8) is 0 Å². The van der Waals surface area contributed by atoms with Crippen LogP contribution in [0.2, 0.25) is 5.02 Å². The van der Waals surface area contributed by atoms with Gasteiger partial charge in [-0.05, 0) is 23.8 Å². The van der Waals surface area contributed by atoms with Gasteiger partial charge in [-0.2, -0.15) is 0 Å². The van der Waals surface area contributed by atoms with Crippen molar-refractivity contribution in [1.82, 2.24) is 5.32 Å². The Kier molecular flexibility index (Phi) is 5.20. The maximum atomic E-state index is 12.1. The molecule has 126 valence electrons. The maximum absolute atomic E-state index is 12.1. The monoisotopic (exact) mass is 368 g/mol. The van der Waals surface area contributed by atoms with Crippen LogP contribution in [0.3, 0.4) is 0 Å². The maximum Gasteiger partial charge on any atom is 0.269 e. The third-order valence-corrected chi connectivity index (χ3v) is 4.77. The fourth-order valence-electron chi connectivity index (χ4n) is 1.95. The molecule has 0 fully saturated rings. The van der Waals surface area contributed by atoms with Gasteiger partial charge in [0.15, 0.2) is 9.84 Å². The summed E-state index contributed by atoms with van der Waals surface area (Å²) >= 11 is 5.83. The van der Waals surface area contributed by atoms with Gasteiger partial charge in [-0.1, -0.05) is 23.7 Å². The number of carbonyl (C=O) groups is 1. The fourth-order valence-corrected chi connectivity index (χ4v) is 3.25. The Morgan fingerprint density at radius 1 is 1.21 bits per heavy atom. The molecule has 0 aliphatic rings. The van der Waals surface area contributed by atoms with Gasteiger partial charge < -0.3 is 5.32 Å². The van der Waals surface area contributed by atoms with Crippen molar-refractivity contribution < 1.29 is 18.1 Å². The molecule has 0 radical (unpaired) electrons. The van der Waals surface area contributed by atoms with E-state index in [0.717, 1.165) is 6.26 Å². The van der Waals surface area contributed by atoms with Crippen LogP contribution in [0.1, 0.15) is 15.9 Å². The topological polar surface area (TPSA) is 106 Å².